The second kappa shape index (κ2) is 6.69. The van der Waals surface area contributed by atoms with Crippen molar-refractivity contribution in [1.82, 2.24) is 0 Å². The van der Waals surface area contributed by atoms with E-state index in [9.17, 15) is 45.0 Å². The van der Waals surface area contributed by atoms with Crippen molar-refractivity contribution < 1.29 is 45.0 Å². The molecule has 4 aliphatic carbocycles. The first kappa shape index (κ1) is 24.0. The van der Waals surface area contributed by atoms with Crippen LogP contribution in [0.25, 0.3) is 0 Å². The fourth-order valence-corrected chi connectivity index (χ4v) is 7.81. The molecule has 3 fully saturated rings. The van der Waals surface area contributed by atoms with E-state index in [4.69, 9.17) is 0 Å². The Morgan fingerprint density at radius 3 is 2.00 bits per heavy atom. The van der Waals surface area contributed by atoms with Crippen molar-refractivity contribution >= 4 is 5.78 Å². The van der Waals surface area contributed by atoms with Crippen molar-refractivity contribution in [3.63, 3.8) is 0 Å². The third-order valence-electron chi connectivity index (χ3n) is 9.44. The van der Waals surface area contributed by atoms with Crippen molar-refractivity contribution in [2.45, 2.75) is 89.1 Å². The summed E-state index contributed by atoms with van der Waals surface area (Å²) in [4.78, 5) is 12.1. The normalized spacial score (nSPS) is 43.1. The van der Waals surface area contributed by atoms with Gasteiger partial charge in [0.25, 0.3) is 0 Å². The molecule has 0 bridgehead atoms. The number of hydrogen-bond donors (Lipinski definition) is 1. The molecule has 0 radical (unpaired) electrons. The molecule has 10 heteroatoms. The number of rotatable bonds is 1. The average Bonchev–Trinajstić information content (AvgIpc) is 2.93. The molecule has 0 aromatic carbocycles. The number of halogens is 8. The molecule has 1 N–H and O–H groups in total. The molecule has 2 nitrogen and oxygen atoms in total. The Morgan fingerprint density at radius 2 is 1.44 bits per heavy atom. The van der Waals surface area contributed by atoms with Gasteiger partial charge in [-0.1, -0.05) is 13.8 Å². The monoisotopic (exact) mass is 474 g/mol. The Kier molecular flexibility index (Phi) is 5.01. The minimum atomic E-state index is -5.91. The van der Waals surface area contributed by atoms with E-state index < -0.39 is 58.4 Å². The maximum atomic E-state index is 14.5. The number of aliphatic hydroxyl groups is 1. The van der Waals surface area contributed by atoms with Crippen LogP contribution in [0.4, 0.5) is 35.1 Å². The summed E-state index contributed by atoms with van der Waals surface area (Å²) in [5.41, 5.74) is -6.98. The second-order valence-electron chi connectivity index (χ2n) is 10.5. The average molecular weight is 474 g/mol. The summed E-state index contributed by atoms with van der Waals surface area (Å²) in [5.74, 6) is -7.64. The minimum Gasteiger partial charge on any atom is -0.383 e. The van der Waals surface area contributed by atoms with E-state index in [1.165, 1.54) is 6.92 Å². The van der Waals surface area contributed by atoms with Gasteiger partial charge >= 0.3 is 18.3 Å². The fourth-order valence-electron chi connectivity index (χ4n) is 7.81. The molecule has 0 aromatic heterocycles. The SMILES string of the molecule is C[C@]12CCC(=O)C(C(F)(F)F)=C1CC[C@@H]1[C@H]2CC[C@@]2(C)[C@H]1CCC2(O)C(F)(F)C(F)(F)F. The molecule has 0 aromatic rings. The fraction of sp³-hybridized carbons (Fsp3) is 0.864. The molecule has 0 saturated heterocycles. The van der Waals surface area contributed by atoms with Crippen molar-refractivity contribution in [1.29, 1.82) is 0 Å². The summed E-state index contributed by atoms with van der Waals surface area (Å²) in [5, 5.41) is 10.8. The quantitative estimate of drug-likeness (QED) is 0.448. The molecule has 32 heavy (non-hydrogen) atoms. The molecular formula is C22H26F8O2. The molecule has 182 valence electrons. The van der Waals surface area contributed by atoms with E-state index in [1.54, 1.807) is 6.92 Å². The van der Waals surface area contributed by atoms with Crippen LogP contribution in [0.2, 0.25) is 0 Å². The zero-order valence-corrected chi connectivity index (χ0v) is 17.8. The Morgan fingerprint density at radius 1 is 0.844 bits per heavy atom. The first-order chi connectivity index (χ1) is 14.4. The molecule has 0 spiro atoms. The molecule has 6 atom stereocenters. The minimum absolute atomic E-state index is 0.0416. The number of fused-ring (bicyclic) bond motifs is 5. The van der Waals surface area contributed by atoms with Crippen LogP contribution >= 0.6 is 0 Å². The first-order valence-electron chi connectivity index (χ1n) is 10.9. The first-order valence-corrected chi connectivity index (χ1v) is 10.9. The molecule has 0 heterocycles. The van der Waals surface area contributed by atoms with Crippen molar-refractivity contribution in [2.24, 2.45) is 28.6 Å². The highest BCUT2D eigenvalue weighted by atomic mass is 19.4. The summed E-state index contributed by atoms with van der Waals surface area (Å²) in [6.07, 6.45) is -11.4. The number of carbonyl (C=O) groups excluding carboxylic acids is 1. The number of Topliss-reactive ketones (excluding diaryl/α,β-unsaturated/α-hetero) is 1. The molecular weight excluding hydrogens is 448 g/mol. The molecule has 0 aliphatic heterocycles. The Bertz CT molecular complexity index is 859. The van der Waals surface area contributed by atoms with E-state index in [2.05, 4.69) is 0 Å². The van der Waals surface area contributed by atoms with Gasteiger partial charge in [0.15, 0.2) is 5.78 Å². The van der Waals surface area contributed by atoms with Gasteiger partial charge < -0.3 is 5.11 Å². The van der Waals surface area contributed by atoms with Crippen LogP contribution in [-0.4, -0.2) is 34.8 Å². The van der Waals surface area contributed by atoms with Gasteiger partial charge in [-0.25, -0.2) is 0 Å². The van der Waals surface area contributed by atoms with Gasteiger partial charge in [-0.15, -0.1) is 0 Å². The number of allylic oxidation sites excluding steroid dienone is 1. The van der Waals surface area contributed by atoms with Gasteiger partial charge in [-0.3, -0.25) is 4.79 Å². The lowest BCUT2D eigenvalue weighted by Crippen LogP contribution is -2.65. The van der Waals surface area contributed by atoms with Crippen molar-refractivity contribution in [3.8, 4) is 0 Å². The third kappa shape index (κ3) is 2.83. The van der Waals surface area contributed by atoms with E-state index >= 15 is 0 Å². The van der Waals surface area contributed by atoms with E-state index in [0.29, 0.717) is 0 Å². The number of hydrogen-bond acceptors (Lipinski definition) is 2. The van der Waals surface area contributed by atoms with E-state index in [0.717, 1.165) is 0 Å². The molecule has 0 amide bonds. The van der Waals surface area contributed by atoms with Gasteiger partial charge in [0.2, 0.25) is 0 Å². The van der Waals surface area contributed by atoms with Crippen LogP contribution < -0.4 is 0 Å². The van der Waals surface area contributed by atoms with E-state index in [-0.39, 0.29) is 62.4 Å². The molecule has 4 rings (SSSR count). The summed E-state index contributed by atoms with van der Waals surface area (Å²) in [6.45, 7) is 2.95. The van der Waals surface area contributed by atoms with Crippen LogP contribution in [0.5, 0.6) is 0 Å². The van der Waals surface area contributed by atoms with Gasteiger partial charge in [0.1, 0.15) is 5.60 Å². The van der Waals surface area contributed by atoms with Gasteiger partial charge in [0, 0.05) is 11.8 Å². The Hall–Kier alpha value is -1.19. The lowest BCUT2D eigenvalue weighted by molar-refractivity contribution is -0.363. The summed E-state index contributed by atoms with van der Waals surface area (Å²) in [7, 11) is 0. The van der Waals surface area contributed by atoms with E-state index in [1.807, 2.05) is 0 Å². The van der Waals surface area contributed by atoms with Crippen LogP contribution in [-0.2, 0) is 4.79 Å². The summed E-state index contributed by atoms with van der Waals surface area (Å²) >= 11 is 0. The lowest BCUT2D eigenvalue weighted by Gasteiger charge is -2.60. The third-order valence-corrected chi connectivity index (χ3v) is 9.44. The molecule has 4 aliphatic rings. The van der Waals surface area contributed by atoms with Crippen LogP contribution in [0, 0.1) is 28.6 Å². The maximum absolute atomic E-state index is 14.5. The van der Waals surface area contributed by atoms with Gasteiger partial charge in [-0.2, -0.15) is 35.1 Å². The second-order valence-corrected chi connectivity index (χ2v) is 10.5. The van der Waals surface area contributed by atoms with Gasteiger partial charge in [0.05, 0.1) is 5.57 Å². The topological polar surface area (TPSA) is 37.3 Å². The zero-order valence-electron chi connectivity index (χ0n) is 17.8. The van der Waals surface area contributed by atoms with Crippen LogP contribution in [0.1, 0.15) is 65.2 Å². The van der Waals surface area contributed by atoms with Crippen molar-refractivity contribution in [2.75, 3.05) is 0 Å². The molecule has 3 saturated carbocycles. The zero-order chi connectivity index (χ0) is 24.1. The van der Waals surface area contributed by atoms with Crippen LogP contribution in [0.3, 0.4) is 0 Å². The summed E-state index contributed by atoms with van der Waals surface area (Å²) < 4.78 is 110. The van der Waals surface area contributed by atoms with Crippen LogP contribution in [0.15, 0.2) is 11.1 Å². The summed E-state index contributed by atoms with van der Waals surface area (Å²) in [6, 6.07) is 0. The Labute approximate surface area is 180 Å². The predicted octanol–water partition coefficient (Wildman–Crippen LogP) is 6.38. The predicted molar refractivity (Wildman–Crippen MR) is 97.7 cm³/mol. The highest BCUT2D eigenvalue weighted by Gasteiger charge is 2.79. The lowest BCUT2D eigenvalue weighted by atomic mass is 9.45. The highest BCUT2D eigenvalue weighted by molar-refractivity contribution is 5.98. The standard InChI is InChI=1S/C22H26F8O2/c1-17-8-7-15(31)16(20(23,24)25)14(17)4-3-11-12(17)5-9-18(2)13(11)6-10-19(18,32)21(26,27)22(28,29)30/h11-13,32H,3-10H2,1-2H3/t11-,12-,13+,17-,18+,19?/m1/s1. The number of alkyl halides is 8. The van der Waals surface area contributed by atoms with Gasteiger partial charge in [-0.05, 0) is 73.7 Å². The van der Waals surface area contributed by atoms with Crippen molar-refractivity contribution in [3.05, 3.63) is 11.1 Å². The largest absolute Gasteiger partial charge is 0.456 e. The smallest absolute Gasteiger partial charge is 0.383 e. The molecule has 1 unspecified atom stereocenters. The Balaban J connectivity index is 1.74. The number of ketones is 1. The maximum Gasteiger partial charge on any atom is 0.456 e. The number of carbonyl (C=O) groups is 1. The highest BCUT2D eigenvalue weighted by Crippen LogP contribution is 2.71.